The lowest BCUT2D eigenvalue weighted by atomic mass is 10.1. The number of nitrogens with zero attached hydrogens (tertiary/aromatic N) is 1. The first kappa shape index (κ1) is 14.0. The minimum atomic E-state index is -0.470. The lowest BCUT2D eigenvalue weighted by molar-refractivity contribution is 0.101. The second kappa shape index (κ2) is 6.14. The Balaban J connectivity index is 2.08. The van der Waals surface area contributed by atoms with Crippen molar-refractivity contribution in [2.45, 2.75) is 13.5 Å². The molecular weight excluding hydrogens is 261 g/mol. The van der Waals surface area contributed by atoms with E-state index in [-0.39, 0.29) is 23.7 Å². The maximum atomic E-state index is 13.2. The Bertz CT molecular complexity index is 679. The average molecular weight is 275 g/mol. The van der Waals surface area contributed by atoms with Gasteiger partial charge in [-0.3, -0.25) is 9.59 Å². The van der Waals surface area contributed by atoms with Gasteiger partial charge < -0.3 is 9.30 Å². The molecule has 1 aromatic carbocycles. The minimum Gasteiger partial charge on any atom is -0.491 e. The van der Waals surface area contributed by atoms with E-state index in [2.05, 4.69) is 0 Å². The molecule has 0 saturated carbocycles. The van der Waals surface area contributed by atoms with Crippen molar-refractivity contribution < 1.29 is 13.9 Å². The largest absolute Gasteiger partial charge is 0.491 e. The summed E-state index contributed by atoms with van der Waals surface area (Å²) in [5, 5.41) is 0. The van der Waals surface area contributed by atoms with Crippen LogP contribution >= 0.6 is 0 Å². The standard InChI is InChI=1S/C15H14FNO3/c1-11(18)13-6-5-12(16)10-14(13)20-9-8-17-7-3-2-4-15(17)19/h2-7,10H,8-9H2,1H3. The Morgan fingerprint density at radius 1 is 1.30 bits per heavy atom. The predicted molar refractivity (Wildman–Crippen MR) is 72.6 cm³/mol. The highest BCUT2D eigenvalue weighted by Crippen LogP contribution is 2.20. The van der Waals surface area contributed by atoms with Crippen molar-refractivity contribution in [3.05, 3.63) is 64.3 Å². The summed E-state index contributed by atoms with van der Waals surface area (Å²) in [6, 6.07) is 8.62. The maximum Gasteiger partial charge on any atom is 0.250 e. The highest BCUT2D eigenvalue weighted by molar-refractivity contribution is 5.96. The van der Waals surface area contributed by atoms with E-state index >= 15 is 0 Å². The monoisotopic (exact) mass is 275 g/mol. The third-order valence-corrected chi connectivity index (χ3v) is 2.81. The second-order valence-corrected chi connectivity index (χ2v) is 4.28. The quantitative estimate of drug-likeness (QED) is 0.786. The van der Waals surface area contributed by atoms with Crippen LogP contribution in [0.5, 0.6) is 5.75 Å². The molecule has 0 aliphatic carbocycles. The van der Waals surface area contributed by atoms with Gasteiger partial charge in [-0.05, 0) is 25.1 Å². The van der Waals surface area contributed by atoms with Crippen LogP contribution in [0.1, 0.15) is 17.3 Å². The first-order valence-corrected chi connectivity index (χ1v) is 6.16. The summed E-state index contributed by atoms with van der Waals surface area (Å²) in [5.41, 5.74) is 0.189. The number of carbonyl (C=O) groups excluding carboxylic acids is 1. The number of benzene rings is 1. The Kier molecular flexibility index (Phi) is 4.30. The molecule has 0 radical (unpaired) electrons. The maximum absolute atomic E-state index is 13.2. The molecule has 2 rings (SSSR count). The van der Waals surface area contributed by atoms with Gasteiger partial charge in [0.2, 0.25) is 0 Å². The minimum absolute atomic E-state index is 0.137. The topological polar surface area (TPSA) is 48.3 Å². The van der Waals surface area contributed by atoms with E-state index in [1.807, 2.05) is 0 Å². The molecule has 0 bridgehead atoms. The first-order chi connectivity index (χ1) is 9.58. The van der Waals surface area contributed by atoms with Crippen molar-refractivity contribution in [3.63, 3.8) is 0 Å². The lowest BCUT2D eigenvalue weighted by Gasteiger charge is -2.11. The van der Waals surface area contributed by atoms with Gasteiger partial charge in [-0.15, -0.1) is 0 Å². The first-order valence-electron chi connectivity index (χ1n) is 6.16. The molecule has 0 aliphatic rings. The summed E-state index contributed by atoms with van der Waals surface area (Å²) in [5.74, 6) is -0.472. The van der Waals surface area contributed by atoms with Crippen LogP contribution in [-0.2, 0) is 6.54 Å². The molecule has 4 nitrogen and oxygen atoms in total. The van der Waals surface area contributed by atoms with Crippen molar-refractivity contribution in [2.24, 2.45) is 0 Å². The lowest BCUT2D eigenvalue weighted by Crippen LogP contribution is -2.21. The van der Waals surface area contributed by atoms with Crippen LogP contribution in [0.15, 0.2) is 47.4 Å². The number of rotatable bonds is 5. The molecule has 104 valence electrons. The normalized spacial score (nSPS) is 10.3. The van der Waals surface area contributed by atoms with Gasteiger partial charge in [0, 0.05) is 18.3 Å². The zero-order chi connectivity index (χ0) is 14.5. The average Bonchev–Trinajstić information content (AvgIpc) is 2.41. The van der Waals surface area contributed by atoms with E-state index in [1.54, 1.807) is 18.3 Å². The van der Waals surface area contributed by atoms with Crippen molar-refractivity contribution in [2.75, 3.05) is 6.61 Å². The summed E-state index contributed by atoms with van der Waals surface area (Å²) >= 11 is 0. The van der Waals surface area contributed by atoms with Crippen molar-refractivity contribution in [1.82, 2.24) is 4.57 Å². The van der Waals surface area contributed by atoms with Gasteiger partial charge in [-0.2, -0.15) is 0 Å². The number of ether oxygens (including phenoxy) is 1. The molecule has 0 fully saturated rings. The molecule has 0 N–H and O–H groups in total. The Morgan fingerprint density at radius 3 is 2.80 bits per heavy atom. The zero-order valence-corrected chi connectivity index (χ0v) is 11.0. The number of pyridine rings is 1. The number of ketones is 1. The molecular formula is C15H14FNO3. The van der Waals surface area contributed by atoms with Crippen LogP contribution in [0.2, 0.25) is 0 Å². The smallest absolute Gasteiger partial charge is 0.250 e. The highest BCUT2D eigenvalue weighted by atomic mass is 19.1. The molecule has 5 heteroatoms. The SMILES string of the molecule is CC(=O)c1ccc(F)cc1OCCn1ccccc1=O. The molecule has 0 unspecified atom stereocenters. The van der Waals surface area contributed by atoms with Gasteiger partial charge in [-0.25, -0.2) is 4.39 Å². The van der Waals surface area contributed by atoms with Gasteiger partial charge in [0.05, 0.1) is 12.1 Å². The third kappa shape index (κ3) is 3.32. The summed E-state index contributed by atoms with van der Waals surface area (Å²) in [7, 11) is 0. The van der Waals surface area contributed by atoms with E-state index < -0.39 is 5.82 Å². The molecule has 0 spiro atoms. The summed E-state index contributed by atoms with van der Waals surface area (Å²) in [4.78, 5) is 22.9. The number of carbonyl (C=O) groups is 1. The molecule has 0 atom stereocenters. The number of Topliss-reactive ketones (excluding diaryl/α,β-unsaturated/α-hetero) is 1. The van der Waals surface area contributed by atoms with Crippen LogP contribution in [-0.4, -0.2) is 17.0 Å². The number of hydrogen-bond acceptors (Lipinski definition) is 3. The van der Waals surface area contributed by atoms with Gasteiger partial charge in [0.1, 0.15) is 18.2 Å². The fraction of sp³-hybridized carbons (Fsp3) is 0.200. The molecule has 20 heavy (non-hydrogen) atoms. The zero-order valence-electron chi connectivity index (χ0n) is 11.0. The van der Waals surface area contributed by atoms with Crippen LogP contribution in [0.4, 0.5) is 4.39 Å². The summed E-state index contributed by atoms with van der Waals surface area (Å²) in [6.07, 6.45) is 1.64. The predicted octanol–water partition coefficient (Wildman–Crippen LogP) is 2.27. The van der Waals surface area contributed by atoms with E-state index in [1.165, 1.54) is 35.8 Å². The van der Waals surface area contributed by atoms with Crippen LogP contribution in [0, 0.1) is 5.82 Å². The Hall–Kier alpha value is -2.43. The van der Waals surface area contributed by atoms with Crippen molar-refractivity contribution >= 4 is 5.78 Å². The van der Waals surface area contributed by atoms with Gasteiger partial charge in [0.15, 0.2) is 5.78 Å². The number of hydrogen-bond donors (Lipinski definition) is 0. The number of aromatic nitrogens is 1. The van der Waals surface area contributed by atoms with Crippen LogP contribution < -0.4 is 10.3 Å². The van der Waals surface area contributed by atoms with Crippen LogP contribution in [0.25, 0.3) is 0 Å². The molecule has 0 amide bonds. The van der Waals surface area contributed by atoms with Crippen LogP contribution in [0.3, 0.4) is 0 Å². The third-order valence-electron chi connectivity index (χ3n) is 2.81. The summed E-state index contributed by atoms with van der Waals surface area (Å²) < 4.78 is 20.1. The van der Waals surface area contributed by atoms with E-state index in [9.17, 15) is 14.0 Å². The summed E-state index contributed by atoms with van der Waals surface area (Å²) in [6.45, 7) is 1.89. The second-order valence-electron chi connectivity index (χ2n) is 4.28. The molecule has 0 saturated heterocycles. The van der Waals surface area contributed by atoms with E-state index in [4.69, 9.17) is 4.74 Å². The fourth-order valence-corrected chi connectivity index (χ4v) is 1.81. The van der Waals surface area contributed by atoms with E-state index in [0.717, 1.165) is 0 Å². The molecule has 2 aromatic rings. The molecule has 1 heterocycles. The Morgan fingerprint density at radius 2 is 2.10 bits per heavy atom. The van der Waals surface area contributed by atoms with Gasteiger partial charge in [-0.1, -0.05) is 6.07 Å². The van der Waals surface area contributed by atoms with E-state index in [0.29, 0.717) is 12.1 Å². The van der Waals surface area contributed by atoms with Crippen molar-refractivity contribution in [1.29, 1.82) is 0 Å². The molecule has 1 aromatic heterocycles. The Labute approximate surface area is 115 Å². The van der Waals surface area contributed by atoms with Gasteiger partial charge in [0.25, 0.3) is 5.56 Å². The molecule has 0 aliphatic heterocycles. The van der Waals surface area contributed by atoms with Gasteiger partial charge >= 0.3 is 0 Å². The highest BCUT2D eigenvalue weighted by Gasteiger charge is 2.09. The number of halogens is 1. The fourth-order valence-electron chi connectivity index (χ4n) is 1.81. The van der Waals surface area contributed by atoms with Crippen molar-refractivity contribution in [3.8, 4) is 5.75 Å².